The van der Waals surface area contributed by atoms with E-state index in [-0.39, 0.29) is 41.2 Å². The number of carbonyl (C=O) groups is 1. The van der Waals surface area contributed by atoms with Crippen LogP contribution in [-0.4, -0.2) is 60.3 Å². The minimum absolute atomic E-state index is 0.0180. The van der Waals surface area contributed by atoms with Gasteiger partial charge in [0.1, 0.15) is 0 Å². The van der Waals surface area contributed by atoms with Gasteiger partial charge in [-0.1, -0.05) is 11.6 Å². The number of piperidine rings is 1. The van der Waals surface area contributed by atoms with Gasteiger partial charge in [-0.3, -0.25) is 4.79 Å². The minimum atomic E-state index is -5.20. The van der Waals surface area contributed by atoms with E-state index >= 15 is 0 Å². The Morgan fingerprint density at radius 3 is 2.36 bits per heavy atom. The van der Waals surface area contributed by atoms with Crippen molar-refractivity contribution in [2.24, 2.45) is 5.92 Å². The van der Waals surface area contributed by atoms with E-state index in [0.29, 0.717) is 19.8 Å². The first-order chi connectivity index (χ1) is 12.8. The van der Waals surface area contributed by atoms with Gasteiger partial charge in [0.25, 0.3) is 5.91 Å². The maximum absolute atomic E-state index is 12.7. The summed E-state index contributed by atoms with van der Waals surface area (Å²) in [4.78, 5) is 11.6. The Hall–Kier alpha value is -1.40. The fraction of sp³-hybridized carbons (Fsp3) is 0.562. The molecule has 1 atom stereocenters. The smallest absolute Gasteiger partial charge is 0.396 e. The normalized spacial score (nSPS) is 19.2. The van der Waals surface area contributed by atoms with Crippen LogP contribution in [0.2, 0.25) is 5.02 Å². The fourth-order valence-electron chi connectivity index (χ4n) is 2.61. The van der Waals surface area contributed by atoms with Crippen molar-refractivity contribution in [1.82, 2.24) is 4.31 Å². The molecule has 1 fully saturated rings. The number of nitrogens with one attached hydrogen (secondary N) is 1. The number of benzene rings is 1. The van der Waals surface area contributed by atoms with E-state index in [2.05, 4.69) is 0 Å². The third-order valence-electron chi connectivity index (χ3n) is 4.65. The highest BCUT2D eigenvalue weighted by Crippen LogP contribution is 2.33. The zero-order chi connectivity index (χ0) is 21.3. The van der Waals surface area contributed by atoms with Crippen LogP contribution in [0.4, 0.5) is 18.9 Å². The van der Waals surface area contributed by atoms with E-state index in [1.54, 1.807) is 0 Å². The van der Waals surface area contributed by atoms with Gasteiger partial charge in [-0.15, -0.1) is 0 Å². The third kappa shape index (κ3) is 4.60. The predicted molar refractivity (Wildman–Crippen MR) is 95.3 cm³/mol. The van der Waals surface area contributed by atoms with Crippen molar-refractivity contribution in [3.8, 4) is 0 Å². The number of anilines is 1. The lowest BCUT2D eigenvalue weighted by molar-refractivity contribution is -0.242. The number of rotatable bonds is 5. The highest BCUT2D eigenvalue weighted by atomic mass is 35.5. The molecule has 1 saturated heterocycles. The van der Waals surface area contributed by atoms with Crippen molar-refractivity contribution in [3.05, 3.63) is 23.2 Å². The molecule has 7 nitrogen and oxygen atoms in total. The molecule has 1 amide bonds. The van der Waals surface area contributed by atoms with E-state index < -0.39 is 27.7 Å². The van der Waals surface area contributed by atoms with Crippen LogP contribution in [-0.2, 0) is 14.8 Å². The maximum Gasteiger partial charge on any atom is 0.426 e. The second-order valence-electron chi connectivity index (χ2n) is 6.70. The van der Waals surface area contributed by atoms with Crippen molar-refractivity contribution in [2.75, 3.05) is 25.0 Å². The molecule has 0 aliphatic carbocycles. The molecule has 1 aliphatic rings. The molecule has 1 heterocycles. The Labute approximate surface area is 165 Å². The van der Waals surface area contributed by atoms with Crippen LogP contribution in [0, 0.1) is 5.92 Å². The molecule has 158 valence electrons. The molecule has 0 radical (unpaired) electrons. The Balaban J connectivity index is 2.19. The van der Waals surface area contributed by atoms with E-state index in [0.717, 1.165) is 18.2 Å². The number of aliphatic hydroxyl groups is 2. The van der Waals surface area contributed by atoms with Gasteiger partial charge in [-0.05, 0) is 43.9 Å². The first kappa shape index (κ1) is 22.9. The second-order valence-corrected chi connectivity index (χ2v) is 9.04. The number of halogens is 4. The van der Waals surface area contributed by atoms with Gasteiger partial charge in [-0.25, -0.2) is 8.42 Å². The van der Waals surface area contributed by atoms with E-state index in [4.69, 9.17) is 16.7 Å². The van der Waals surface area contributed by atoms with Gasteiger partial charge in [0, 0.05) is 19.7 Å². The molecule has 12 heteroatoms. The van der Waals surface area contributed by atoms with Crippen LogP contribution in [0.3, 0.4) is 0 Å². The standard InChI is InChI=1S/C16H20ClF3N2O5S/c1-15(25,16(18,19)20)14(24)21-13-3-2-11(8-12(13)17)28(26,27)22-6-4-10(9-23)5-7-22/h2-3,8,10,23,25H,4-7,9H2,1H3,(H,21,24)/t15-/m1/s1. The van der Waals surface area contributed by atoms with E-state index in [1.807, 2.05) is 5.32 Å². The Bertz CT molecular complexity index is 837. The quantitative estimate of drug-likeness (QED) is 0.644. The molecular weight excluding hydrogens is 425 g/mol. The molecular formula is C16H20ClF3N2O5S. The molecule has 1 aliphatic heterocycles. The molecule has 1 aromatic carbocycles. The van der Waals surface area contributed by atoms with E-state index in [9.17, 15) is 31.5 Å². The number of carbonyl (C=O) groups excluding carboxylic acids is 1. The van der Waals surface area contributed by atoms with Crippen LogP contribution < -0.4 is 5.32 Å². The Morgan fingerprint density at radius 2 is 1.89 bits per heavy atom. The zero-order valence-corrected chi connectivity index (χ0v) is 16.4. The van der Waals surface area contributed by atoms with Gasteiger partial charge in [0.2, 0.25) is 15.6 Å². The molecule has 1 aromatic rings. The molecule has 0 spiro atoms. The average molecular weight is 445 g/mol. The summed E-state index contributed by atoms with van der Waals surface area (Å²) in [7, 11) is -3.89. The fourth-order valence-corrected chi connectivity index (χ4v) is 4.40. The Kier molecular flexibility index (Phi) is 6.66. The van der Waals surface area contributed by atoms with Crippen LogP contribution >= 0.6 is 11.6 Å². The molecule has 3 N–H and O–H groups in total. The highest BCUT2D eigenvalue weighted by molar-refractivity contribution is 7.89. The third-order valence-corrected chi connectivity index (χ3v) is 6.86. The molecule has 0 aromatic heterocycles. The predicted octanol–water partition coefficient (Wildman–Crippen LogP) is 1.98. The first-order valence-electron chi connectivity index (χ1n) is 8.32. The minimum Gasteiger partial charge on any atom is -0.396 e. The molecule has 2 rings (SSSR count). The summed E-state index contributed by atoms with van der Waals surface area (Å²) in [5.41, 5.74) is -3.91. The lowest BCUT2D eigenvalue weighted by Gasteiger charge is -2.30. The SMILES string of the molecule is C[C@@](O)(C(=O)Nc1ccc(S(=O)(=O)N2CCC(CO)CC2)cc1Cl)C(F)(F)F. The number of hydrogen-bond acceptors (Lipinski definition) is 5. The lowest BCUT2D eigenvalue weighted by Crippen LogP contribution is -2.52. The van der Waals surface area contributed by atoms with Crippen molar-refractivity contribution in [1.29, 1.82) is 0 Å². The lowest BCUT2D eigenvalue weighted by atomic mass is 10.00. The number of sulfonamides is 1. The van der Waals surface area contributed by atoms with Gasteiger partial charge < -0.3 is 15.5 Å². The van der Waals surface area contributed by atoms with Gasteiger partial charge in [0.05, 0.1) is 15.6 Å². The second kappa shape index (κ2) is 8.15. The van der Waals surface area contributed by atoms with Crippen molar-refractivity contribution in [2.45, 2.75) is 36.4 Å². The van der Waals surface area contributed by atoms with Crippen LogP contribution in [0.15, 0.2) is 23.1 Å². The number of alkyl halides is 3. The number of aliphatic hydroxyl groups excluding tert-OH is 1. The highest BCUT2D eigenvalue weighted by Gasteiger charge is 2.55. The summed E-state index contributed by atoms with van der Waals surface area (Å²) in [6.45, 7) is 0.719. The summed E-state index contributed by atoms with van der Waals surface area (Å²) in [6, 6.07) is 3.18. The summed E-state index contributed by atoms with van der Waals surface area (Å²) in [5.74, 6) is -1.71. The average Bonchev–Trinajstić information content (AvgIpc) is 2.62. The molecule has 0 saturated carbocycles. The largest absolute Gasteiger partial charge is 0.426 e. The van der Waals surface area contributed by atoms with Crippen molar-refractivity contribution < 1.29 is 36.6 Å². The number of nitrogens with zero attached hydrogens (tertiary/aromatic N) is 1. The number of hydrogen-bond donors (Lipinski definition) is 3. The summed E-state index contributed by atoms with van der Waals surface area (Å²) in [6.07, 6.45) is -4.19. The number of amides is 1. The molecule has 0 unspecified atom stereocenters. The van der Waals surface area contributed by atoms with Gasteiger partial charge in [-0.2, -0.15) is 17.5 Å². The monoisotopic (exact) mass is 444 g/mol. The van der Waals surface area contributed by atoms with Crippen LogP contribution in [0.1, 0.15) is 19.8 Å². The Morgan fingerprint density at radius 1 is 1.32 bits per heavy atom. The van der Waals surface area contributed by atoms with Crippen molar-refractivity contribution >= 4 is 33.2 Å². The summed E-state index contributed by atoms with van der Waals surface area (Å²) in [5, 5.41) is 20.1. The van der Waals surface area contributed by atoms with Gasteiger partial charge >= 0.3 is 6.18 Å². The molecule has 28 heavy (non-hydrogen) atoms. The van der Waals surface area contributed by atoms with Gasteiger partial charge in [0.15, 0.2) is 0 Å². The van der Waals surface area contributed by atoms with Crippen molar-refractivity contribution in [3.63, 3.8) is 0 Å². The molecule has 0 bridgehead atoms. The zero-order valence-electron chi connectivity index (χ0n) is 14.8. The van der Waals surface area contributed by atoms with Crippen LogP contribution in [0.25, 0.3) is 0 Å². The maximum atomic E-state index is 12.7. The summed E-state index contributed by atoms with van der Waals surface area (Å²) >= 11 is 5.93. The summed E-state index contributed by atoms with van der Waals surface area (Å²) < 4.78 is 64.8. The topological polar surface area (TPSA) is 107 Å². The van der Waals surface area contributed by atoms with Crippen LogP contribution in [0.5, 0.6) is 0 Å². The van der Waals surface area contributed by atoms with E-state index in [1.165, 1.54) is 4.31 Å². The first-order valence-corrected chi connectivity index (χ1v) is 10.1.